The molecule has 0 aliphatic heterocycles. The van der Waals surface area contributed by atoms with Crippen LogP contribution >= 0.6 is 0 Å². The van der Waals surface area contributed by atoms with Crippen LogP contribution in [0.4, 0.5) is 5.69 Å². The van der Waals surface area contributed by atoms with Gasteiger partial charge in [0.25, 0.3) is 0 Å². The molecule has 2 aliphatic carbocycles. The molecule has 2 fully saturated rings. The fourth-order valence-electron chi connectivity index (χ4n) is 4.86. The number of rotatable bonds is 2. The van der Waals surface area contributed by atoms with Crippen molar-refractivity contribution in [2.75, 3.05) is 5.32 Å². The maximum Gasteiger partial charge on any atom is 0.0670 e. The van der Waals surface area contributed by atoms with Gasteiger partial charge in [-0.25, -0.2) is 0 Å². The minimum Gasteiger partial charge on any atom is -0.381 e. The average molecular weight is 269 g/mol. The molecule has 2 N–H and O–H groups in total. The molecule has 1 heterocycles. The van der Waals surface area contributed by atoms with Crippen molar-refractivity contribution in [3.05, 3.63) is 24.4 Å². The molecule has 4 rings (SSSR count). The summed E-state index contributed by atoms with van der Waals surface area (Å²) in [7, 11) is 0. The van der Waals surface area contributed by atoms with Gasteiger partial charge >= 0.3 is 0 Å². The Balaban J connectivity index is 1.67. The fraction of sp³-hybridized carbons (Fsp3) is 0.588. The molecule has 20 heavy (non-hydrogen) atoms. The molecule has 2 bridgehead atoms. The molecule has 0 amide bonds. The minimum absolute atomic E-state index is 0.385. The number of hydrogen-bond acceptors (Lipinski definition) is 2. The maximum absolute atomic E-state index is 4.10. The van der Waals surface area contributed by atoms with Gasteiger partial charge in [0.15, 0.2) is 0 Å². The highest BCUT2D eigenvalue weighted by molar-refractivity contribution is 5.81. The number of benzene rings is 1. The molecule has 1 unspecified atom stereocenters. The second-order valence-corrected chi connectivity index (χ2v) is 7.66. The van der Waals surface area contributed by atoms with E-state index in [-0.39, 0.29) is 0 Å². The quantitative estimate of drug-likeness (QED) is 0.858. The summed E-state index contributed by atoms with van der Waals surface area (Å²) in [5.74, 6) is 0.876. The molecule has 0 saturated heterocycles. The van der Waals surface area contributed by atoms with Gasteiger partial charge in [-0.2, -0.15) is 5.10 Å². The molecule has 0 radical (unpaired) electrons. The van der Waals surface area contributed by atoms with Crippen molar-refractivity contribution in [1.82, 2.24) is 10.2 Å². The van der Waals surface area contributed by atoms with Crippen LogP contribution < -0.4 is 5.32 Å². The zero-order valence-electron chi connectivity index (χ0n) is 12.5. The zero-order valence-corrected chi connectivity index (χ0v) is 12.5. The summed E-state index contributed by atoms with van der Waals surface area (Å²) in [4.78, 5) is 0. The van der Waals surface area contributed by atoms with Gasteiger partial charge in [0, 0.05) is 17.1 Å². The van der Waals surface area contributed by atoms with E-state index in [1.54, 1.807) is 0 Å². The lowest BCUT2D eigenvalue weighted by molar-refractivity contribution is 0.155. The Kier molecular flexibility index (Phi) is 2.31. The second kappa shape index (κ2) is 3.78. The van der Waals surface area contributed by atoms with E-state index in [4.69, 9.17) is 0 Å². The van der Waals surface area contributed by atoms with Crippen LogP contribution in [0, 0.1) is 16.7 Å². The van der Waals surface area contributed by atoms with E-state index in [0.717, 1.165) is 11.4 Å². The van der Waals surface area contributed by atoms with Gasteiger partial charge in [-0.3, -0.25) is 5.10 Å². The summed E-state index contributed by atoms with van der Waals surface area (Å²) in [5, 5.41) is 12.2. The highest BCUT2D eigenvalue weighted by Gasteiger charge is 2.59. The normalized spacial score (nSPS) is 34.8. The number of nitrogens with one attached hydrogen (secondary N) is 2. The van der Waals surface area contributed by atoms with Crippen LogP contribution in [0.25, 0.3) is 10.9 Å². The Bertz CT molecular complexity index is 652. The highest BCUT2D eigenvalue weighted by atomic mass is 15.1. The topological polar surface area (TPSA) is 40.7 Å². The summed E-state index contributed by atoms with van der Waals surface area (Å²) >= 11 is 0. The van der Waals surface area contributed by atoms with Crippen LogP contribution in [0.2, 0.25) is 0 Å². The van der Waals surface area contributed by atoms with E-state index in [2.05, 4.69) is 54.5 Å². The first kappa shape index (κ1) is 12.2. The monoisotopic (exact) mass is 269 g/mol. The van der Waals surface area contributed by atoms with Crippen molar-refractivity contribution >= 4 is 16.6 Å². The Labute approximate surface area is 120 Å². The van der Waals surface area contributed by atoms with Crippen LogP contribution in [0.5, 0.6) is 0 Å². The number of nitrogens with zero attached hydrogens (tertiary/aromatic N) is 1. The highest BCUT2D eigenvalue weighted by Crippen LogP contribution is 2.63. The van der Waals surface area contributed by atoms with E-state index in [0.29, 0.717) is 16.9 Å². The summed E-state index contributed by atoms with van der Waals surface area (Å²) in [6.07, 6.45) is 6.03. The third-order valence-electron chi connectivity index (χ3n) is 6.02. The molecule has 3 atom stereocenters. The third kappa shape index (κ3) is 1.55. The van der Waals surface area contributed by atoms with Crippen LogP contribution in [0.3, 0.4) is 0 Å². The summed E-state index contributed by atoms with van der Waals surface area (Å²) in [6, 6.07) is 7.08. The van der Waals surface area contributed by atoms with E-state index in [1.807, 2.05) is 6.20 Å². The van der Waals surface area contributed by atoms with Gasteiger partial charge in [-0.15, -0.1) is 0 Å². The SMILES string of the molecule is CC1(C)C(Nc2ccc3cn[nH]c3c2)[C@]2(C)CC[C@H]1C2. The number of aromatic amines is 1. The molecule has 1 aromatic carbocycles. The van der Waals surface area contributed by atoms with Gasteiger partial charge < -0.3 is 5.32 Å². The minimum atomic E-state index is 0.385. The Morgan fingerprint density at radius 1 is 1.30 bits per heavy atom. The first-order valence-electron chi connectivity index (χ1n) is 7.69. The number of anilines is 1. The number of aromatic nitrogens is 2. The molecule has 3 nitrogen and oxygen atoms in total. The van der Waals surface area contributed by atoms with E-state index < -0.39 is 0 Å². The fourth-order valence-corrected chi connectivity index (χ4v) is 4.86. The molecule has 2 aromatic rings. The van der Waals surface area contributed by atoms with E-state index in [1.165, 1.54) is 30.3 Å². The van der Waals surface area contributed by atoms with Gasteiger partial charge in [0.2, 0.25) is 0 Å². The molecule has 0 spiro atoms. The van der Waals surface area contributed by atoms with Crippen LogP contribution in [-0.2, 0) is 0 Å². The van der Waals surface area contributed by atoms with Crippen molar-refractivity contribution in [2.45, 2.75) is 46.1 Å². The molecular weight excluding hydrogens is 246 g/mol. The average Bonchev–Trinajstić information content (AvgIpc) is 3.05. The van der Waals surface area contributed by atoms with Crippen molar-refractivity contribution < 1.29 is 0 Å². The first-order chi connectivity index (χ1) is 9.49. The van der Waals surface area contributed by atoms with Crippen molar-refractivity contribution in [1.29, 1.82) is 0 Å². The van der Waals surface area contributed by atoms with Gasteiger partial charge in [-0.05, 0) is 54.2 Å². The number of fused-ring (bicyclic) bond motifs is 3. The van der Waals surface area contributed by atoms with Crippen LogP contribution in [-0.4, -0.2) is 16.2 Å². The molecular formula is C17H23N3. The van der Waals surface area contributed by atoms with Gasteiger partial charge in [0.1, 0.15) is 0 Å². The molecule has 106 valence electrons. The van der Waals surface area contributed by atoms with Crippen molar-refractivity contribution in [3.8, 4) is 0 Å². The first-order valence-corrected chi connectivity index (χ1v) is 7.69. The largest absolute Gasteiger partial charge is 0.381 e. The number of H-pyrrole nitrogens is 1. The Hall–Kier alpha value is -1.51. The molecule has 2 saturated carbocycles. The van der Waals surface area contributed by atoms with Crippen molar-refractivity contribution in [2.24, 2.45) is 16.7 Å². The predicted molar refractivity (Wildman–Crippen MR) is 82.7 cm³/mol. The number of hydrogen-bond donors (Lipinski definition) is 2. The molecule has 2 aliphatic rings. The van der Waals surface area contributed by atoms with Crippen LogP contribution in [0.15, 0.2) is 24.4 Å². The molecule has 1 aromatic heterocycles. The summed E-state index contributed by atoms with van der Waals surface area (Å²) in [5.41, 5.74) is 3.17. The Morgan fingerprint density at radius 2 is 2.15 bits per heavy atom. The Morgan fingerprint density at radius 3 is 2.90 bits per heavy atom. The van der Waals surface area contributed by atoms with Gasteiger partial charge in [-0.1, -0.05) is 20.8 Å². The van der Waals surface area contributed by atoms with Gasteiger partial charge in [0.05, 0.1) is 11.7 Å². The van der Waals surface area contributed by atoms with E-state index in [9.17, 15) is 0 Å². The zero-order chi connectivity index (χ0) is 14.0. The molecule has 3 heteroatoms. The summed E-state index contributed by atoms with van der Waals surface area (Å²) < 4.78 is 0. The lowest BCUT2D eigenvalue weighted by Gasteiger charge is -2.43. The van der Waals surface area contributed by atoms with E-state index >= 15 is 0 Å². The third-order valence-corrected chi connectivity index (χ3v) is 6.02. The van der Waals surface area contributed by atoms with Crippen LogP contribution in [0.1, 0.15) is 40.0 Å². The lowest BCUT2D eigenvalue weighted by atomic mass is 9.68. The van der Waals surface area contributed by atoms with Crippen molar-refractivity contribution in [3.63, 3.8) is 0 Å². The second-order valence-electron chi connectivity index (χ2n) is 7.66. The standard InChI is InChI=1S/C17H23N3/c1-16(2)12-6-7-17(3,9-12)15(16)19-13-5-4-11-10-18-20-14(11)8-13/h4-5,8,10,12,15,19H,6-7,9H2,1-3H3,(H,18,20)/t12-,15?,17+/m0/s1. The predicted octanol–water partition coefficient (Wildman–Crippen LogP) is 4.19. The smallest absolute Gasteiger partial charge is 0.0670 e. The maximum atomic E-state index is 4.10. The summed E-state index contributed by atoms with van der Waals surface area (Å²) in [6.45, 7) is 7.34. The lowest BCUT2D eigenvalue weighted by Crippen LogP contribution is -2.45.